The molecule has 1 rings (SSSR count). The Morgan fingerprint density at radius 2 is 1.91 bits per heavy atom. The van der Waals surface area contributed by atoms with Crippen LogP contribution in [0, 0.1) is 0 Å². The van der Waals surface area contributed by atoms with E-state index >= 15 is 0 Å². The number of hydrogen-bond donors (Lipinski definition) is 1. The Kier molecular flexibility index (Phi) is 7.80. The predicted octanol–water partition coefficient (Wildman–Crippen LogP) is 2.89. The Bertz CT molecular complexity index is 489. The number of hydrogen-bond acceptors (Lipinski definition) is 4. The smallest absolute Gasteiger partial charge is 0.323 e. The summed E-state index contributed by atoms with van der Waals surface area (Å²) in [5, 5.41) is 8.93. The van der Waals surface area contributed by atoms with Gasteiger partial charge in [0, 0.05) is 10.9 Å². The molecule has 1 aromatic rings. The van der Waals surface area contributed by atoms with Gasteiger partial charge in [0.1, 0.15) is 12.3 Å². The van der Waals surface area contributed by atoms with E-state index in [1.54, 1.807) is 0 Å². The molecule has 5 nitrogen and oxygen atoms in total. The molecule has 1 unspecified atom stereocenters. The van der Waals surface area contributed by atoms with E-state index in [-0.39, 0.29) is 24.2 Å². The molecule has 122 valence electrons. The van der Waals surface area contributed by atoms with E-state index < -0.39 is 5.97 Å². The maximum Gasteiger partial charge on any atom is 0.323 e. The number of carbonyl (C=O) groups is 2. The first-order valence-electron chi connectivity index (χ1n) is 7.34. The summed E-state index contributed by atoms with van der Waals surface area (Å²) in [5.41, 5.74) is 0. The van der Waals surface area contributed by atoms with Crippen LogP contribution in [0.15, 0.2) is 29.2 Å². The lowest BCUT2D eigenvalue weighted by atomic mass is 10.2. The summed E-state index contributed by atoms with van der Waals surface area (Å²) in [7, 11) is 0. The zero-order valence-electron chi connectivity index (χ0n) is 13.2. The molecule has 0 aromatic heterocycles. The minimum absolute atomic E-state index is 0.0791. The lowest BCUT2D eigenvalue weighted by Gasteiger charge is -2.26. The molecule has 6 heteroatoms. The first kappa shape index (κ1) is 18.4. The summed E-state index contributed by atoms with van der Waals surface area (Å²) in [6, 6.07) is 7.44. The van der Waals surface area contributed by atoms with Crippen LogP contribution in [0.4, 0.5) is 0 Å². The van der Waals surface area contributed by atoms with Crippen LogP contribution in [0.3, 0.4) is 0 Å². The van der Waals surface area contributed by atoms with Gasteiger partial charge in [-0.05, 0) is 44.5 Å². The number of aliphatic carboxylic acids is 1. The molecule has 0 saturated heterocycles. The van der Waals surface area contributed by atoms with Crippen LogP contribution < -0.4 is 4.74 Å². The van der Waals surface area contributed by atoms with Crippen LogP contribution >= 0.6 is 11.8 Å². The zero-order chi connectivity index (χ0) is 16.5. The van der Waals surface area contributed by atoms with Gasteiger partial charge in [-0.2, -0.15) is 0 Å². The fourth-order valence-electron chi connectivity index (χ4n) is 1.88. The van der Waals surface area contributed by atoms with Crippen LogP contribution in [-0.4, -0.2) is 46.8 Å². The number of benzene rings is 1. The maximum absolute atomic E-state index is 12.2. The molecule has 1 aromatic carbocycles. The minimum Gasteiger partial charge on any atom is -0.494 e. The van der Waals surface area contributed by atoms with E-state index in [0.29, 0.717) is 6.61 Å². The molecule has 0 radical (unpaired) electrons. The summed E-state index contributed by atoms with van der Waals surface area (Å²) in [6.07, 6.45) is 0.729. The number of thioether (sulfide) groups is 1. The Hall–Kier alpha value is -1.69. The number of carbonyl (C=O) groups excluding carboxylic acids is 1. The number of carboxylic acids is 1. The molecule has 0 fully saturated rings. The molecule has 1 atom stereocenters. The summed E-state index contributed by atoms with van der Waals surface area (Å²) in [6.45, 7) is 6.09. The highest BCUT2D eigenvalue weighted by Gasteiger charge is 2.21. The Labute approximate surface area is 135 Å². The van der Waals surface area contributed by atoms with Crippen molar-refractivity contribution in [1.82, 2.24) is 4.90 Å². The lowest BCUT2D eigenvalue weighted by molar-refractivity contribution is -0.144. The van der Waals surface area contributed by atoms with Gasteiger partial charge in [0.2, 0.25) is 5.91 Å². The van der Waals surface area contributed by atoms with E-state index in [9.17, 15) is 9.59 Å². The first-order chi connectivity index (χ1) is 10.5. The van der Waals surface area contributed by atoms with Crippen LogP contribution in [0.2, 0.25) is 0 Å². The fourth-order valence-corrected chi connectivity index (χ4v) is 2.67. The monoisotopic (exact) mass is 325 g/mol. The van der Waals surface area contributed by atoms with Crippen molar-refractivity contribution in [1.29, 1.82) is 0 Å². The van der Waals surface area contributed by atoms with Crippen molar-refractivity contribution in [3.8, 4) is 5.75 Å². The third kappa shape index (κ3) is 5.97. The summed E-state index contributed by atoms with van der Waals surface area (Å²) < 4.78 is 5.36. The zero-order valence-corrected chi connectivity index (χ0v) is 14.1. The van der Waals surface area contributed by atoms with Gasteiger partial charge < -0.3 is 14.7 Å². The number of ether oxygens (including phenoxy) is 1. The number of amides is 1. The van der Waals surface area contributed by atoms with Gasteiger partial charge in [-0.15, -0.1) is 11.8 Å². The van der Waals surface area contributed by atoms with Gasteiger partial charge in [-0.1, -0.05) is 6.92 Å². The SMILES string of the molecule is CCOc1ccc(SCC(=O)N(CC(=O)O)C(C)CC)cc1. The van der Waals surface area contributed by atoms with Crippen molar-refractivity contribution in [3.05, 3.63) is 24.3 Å². The van der Waals surface area contributed by atoms with Crippen molar-refractivity contribution >= 4 is 23.6 Å². The molecule has 0 aliphatic heterocycles. The first-order valence-corrected chi connectivity index (χ1v) is 8.33. The van der Waals surface area contributed by atoms with Crippen LogP contribution in [0.1, 0.15) is 27.2 Å². The van der Waals surface area contributed by atoms with E-state index in [1.807, 2.05) is 45.0 Å². The quantitative estimate of drug-likeness (QED) is 0.707. The Balaban J connectivity index is 2.59. The van der Waals surface area contributed by atoms with Gasteiger partial charge in [0.25, 0.3) is 0 Å². The van der Waals surface area contributed by atoms with Crippen molar-refractivity contribution in [2.45, 2.75) is 38.1 Å². The highest BCUT2D eigenvalue weighted by Crippen LogP contribution is 2.22. The molecule has 0 spiro atoms. The van der Waals surface area contributed by atoms with Crippen LogP contribution in [-0.2, 0) is 9.59 Å². The highest BCUT2D eigenvalue weighted by molar-refractivity contribution is 8.00. The van der Waals surface area contributed by atoms with Gasteiger partial charge in [-0.25, -0.2) is 0 Å². The van der Waals surface area contributed by atoms with Crippen LogP contribution in [0.5, 0.6) is 5.75 Å². The van der Waals surface area contributed by atoms with E-state index in [4.69, 9.17) is 9.84 Å². The summed E-state index contributed by atoms with van der Waals surface area (Å²) >= 11 is 1.40. The second-order valence-corrected chi connectivity index (χ2v) is 5.91. The average Bonchev–Trinajstić information content (AvgIpc) is 2.51. The van der Waals surface area contributed by atoms with Crippen molar-refractivity contribution in [2.24, 2.45) is 0 Å². The Morgan fingerprint density at radius 3 is 2.41 bits per heavy atom. The Morgan fingerprint density at radius 1 is 1.27 bits per heavy atom. The third-order valence-electron chi connectivity index (χ3n) is 3.25. The maximum atomic E-state index is 12.2. The van der Waals surface area contributed by atoms with Gasteiger partial charge in [0.05, 0.1) is 12.4 Å². The molecule has 1 N–H and O–H groups in total. The molecular weight excluding hydrogens is 302 g/mol. The van der Waals surface area contributed by atoms with Gasteiger partial charge in [0.15, 0.2) is 0 Å². The van der Waals surface area contributed by atoms with E-state index in [0.717, 1.165) is 17.1 Å². The normalized spacial score (nSPS) is 11.8. The molecule has 1 amide bonds. The predicted molar refractivity (Wildman–Crippen MR) is 87.4 cm³/mol. The van der Waals surface area contributed by atoms with Crippen molar-refractivity contribution in [2.75, 3.05) is 18.9 Å². The molecule has 0 bridgehead atoms. The second kappa shape index (κ2) is 9.35. The standard InChI is InChI=1S/C16H23NO4S/c1-4-12(3)17(10-16(19)20)15(18)11-22-14-8-6-13(7-9-14)21-5-2/h6-9,12H,4-5,10-11H2,1-3H3,(H,19,20). The average molecular weight is 325 g/mol. The molecule has 22 heavy (non-hydrogen) atoms. The highest BCUT2D eigenvalue weighted by atomic mass is 32.2. The van der Waals surface area contributed by atoms with Crippen molar-refractivity contribution < 1.29 is 19.4 Å². The van der Waals surface area contributed by atoms with E-state index in [2.05, 4.69) is 0 Å². The molecule has 0 heterocycles. The van der Waals surface area contributed by atoms with Gasteiger partial charge in [-0.3, -0.25) is 9.59 Å². The summed E-state index contributed by atoms with van der Waals surface area (Å²) in [4.78, 5) is 25.5. The fraction of sp³-hybridized carbons (Fsp3) is 0.500. The second-order valence-electron chi connectivity index (χ2n) is 4.87. The number of rotatable bonds is 9. The largest absolute Gasteiger partial charge is 0.494 e. The molecule has 0 aliphatic rings. The number of nitrogens with zero attached hydrogens (tertiary/aromatic N) is 1. The van der Waals surface area contributed by atoms with E-state index in [1.165, 1.54) is 16.7 Å². The number of carboxylic acid groups (broad SMARTS) is 1. The molecule has 0 saturated carbocycles. The summed E-state index contributed by atoms with van der Waals surface area (Å²) in [5.74, 6) is -0.119. The van der Waals surface area contributed by atoms with Gasteiger partial charge >= 0.3 is 5.97 Å². The lowest BCUT2D eigenvalue weighted by Crippen LogP contribution is -2.42. The van der Waals surface area contributed by atoms with Crippen molar-refractivity contribution in [3.63, 3.8) is 0 Å². The third-order valence-corrected chi connectivity index (χ3v) is 4.24. The minimum atomic E-state index is -0.986. The molecule has 0 aliphatic carbocycles. The molecular formula is C16H23NO4S. The van der Waals surface area contributed by atoms with Crippen LogP contribution in [0.25, 0.3) is 0 Å². The topological polar surface area (TPSA) is 66.8 Å².